The molecule has 0 aromatic carbocycles. The first-order chi connectivity index (χ1) is 9.92. The molecule has 22 heavy (non-hydrogen) atoms. The summed E-state index contributed by atoms with van der Waals surface area (Å²) < 4.78 is 55.9. The molecule has 3 heterocycles. The minimum absolute atomic E-state index is 0.165. The summed E-state index contributed by atoms with van der Waals surface area (Å²) in [4.78, 5) is 0. The lowest BCUT2D eigenvalue weighted by Crippen LogP contribution is -2.60. The minimum Gasteiger partial charge on any atom is -0.343 e. The molecule has 3 aliphatic rings. The Morgan fingerprint density at radius 1 is 1.14 bits per heavy atom. The lowest BCUT2D eigenvalue weighted by atomic mass is 9.98. The minimum atomic E-state index is -4.14. The van der Waals surface area contributed by atoms with E-state index in [9.17, 15) is 8.42 Å². The quantitative estimate of drug-likeness (QED) is 0.739. The summed E-state index contributed by atoms with van der Waals surface area (Å²) in [5, 5.41) is 4.89. The number of ether oxygens (including phenoxy) is 5. The van der Waals surface area contributed by atoms with E-state index in [1.807, 2.05) is 0 Å². The van der Waals surface area contributed by atoms with Gasteiger partial charge in [-0.05, 0) is 27.7 Å². The average Bonchev–Trinajstić information content (AvgIpc) is 2.78. The molecule has 0 saturated carbocycles. The van der Waals surface area contributed by atoms with Gasteiger partial charge in [-0.3, -0.25) is 4.18 Å². The van der Waals surface area contributed by atoms with E-state index >= 15 is 0 Å². The van der Waals surface area contributed by atoms with Crippen LogP contribution in [0.3, 0.4) is 0 Å². The Labute approximate surface area is 129 Å². The Bertz CT molecular complexity index is 561. The molecule has 0 radical (unpaired) electrons. The molecule has 3 saturated heterocycles. The van der Waals surface area contributed by atoms with Gasteiger partial charge in [0.15, 0.2) is 11.6 Å². The maximum absolute atomic E-state index is 11.1. The zero-order chi connectivity index (χ0) is 16.4. The fourth-order valence-corrected chi connectivity index (χ4v) is 3.44. The van der Waals surface area contributed by atoms with Crippen molar-refractivity contribution in [1.82, 2.24) is 0 Å². The van der Waals surface area contributed by atoms with E-state index in [1.54, 1.807) is 27.7 Å². The van der Waals surface area contributed by atoms with Gasteiger partial charge < -0.3 is 23.7 Å². The van der Waals surface area contributed by atoms with E-state index in [0.29, 0.717) is 0 Å². The standard InChI is InChI=1S/C12H21NO8S/c1-10(2)18-7-5-16-12(6-17-22(13,14)15)9(8(7)19-10)20-11(3,4)21-12/h7-9H,5-6H2,1-4H3,(H2,13,14,15)/t7?,8?,9?,12-/m0/s1. The van der Waals surface area contributed by atoms with E-state index in [4.69, 9.17) is 33.0 Å². The molecule has 0 amide bonds. The summed E-state index contributed by atoms with van der Waals surface area (Å²) in [7, 11) is -4.14. The molecule has 2 N–H and O–H groups in total. The van der Waals surface area contributed by atoms with Crippen LogP contribution in [0.4, 0.5) is 0 Å². The third-order valence-electron chi connectivity index (χ3n) is 3.70. The van der Waals surface area contributed by atoms with Crippen LogP contribution in [0.15, 0.2) is 0 Å². The highest BCUT2D eigenvalue weighted by atomic mass is 32.2. The first-order valence-corrected chi connectivity index (χ1v) is 8.43. The monoisotopic (exact) mass is 339 g/mol. The van der Waals surface area contributed by atoms with Crippen molar-refractivity contribution in [1.29, 1.82) is 0 Å². The summed E-state index contributed by atoms with van der Waals surface area (Å²) in [6.45, 7) is 6.71. The first-order valence-electron chi connectivity index (χ1n) is 6.96. The molecule has 0 aromatic rings. The Kier molecular flexibility index (Phi) is 3.63. The van der Waals surface area contributed by atoms with Gasteiger partial charge in [0.05, 0.1) is 6.61 Å². The molecule has 10 heteroatoms. The van der Waals surface area contributed by atoms with Crippen molar-refractivity contribution in [3.05, 3.63) is 0 Å². The van der Waals surface area contributed by atoms with Crippen molar-refractivity contribution in [2.24, 2.45) is 5.14 Å². The van der Waals surface area contributed by atoms with Gasteiger partial charge in [-0.1, -0.05) is 0 Å². The fourth-order valence-electron chi connectivity index (χ4n) is 3.11. The van der Waals surface area contributed by atoms with Gasteiger partial charge in [0.1, 0.15) is 24.9 Å². The molecule has 3 unspecified atom stereocenters. The largest absolute Gasteiger partial charge is 0.343 e. The summed E-state index contributed by atoms with van der Waals surface area (Å²) in [6.07, 6.45) is -1.50. The van der Waals surface area contributed by atoms with Crippen LogP contribution in [-0.4, -0.2) is 57.3 Å². The molecule has 0 bridgehead atoms. The molecular formula is C12H21NO8S. The third-order valence-corrected chi connectivity index (χ3v) is 4.15. The second-order valence-electron chi connectivity index (χ2n) is 6.56. The van der Waals surface area contributed by atoms with Gasteiger partial charge in [-0.2, -0.15) is 8.42 Å². The van der Waals surface area contributed by atoms with Crippen molar-refractivity contribution in [3.8, 4) is 0 Å². The topological polar surface area (TPSA) is 116 Å². The van der Waals surface area contributed by atoms with Crippen LogP contribution in [0.25, 0.3) is 0 Å². The van der Waals surface area contributed by atoms with Gasteiger partial charge in [0, 0.05) is 0 Å². The highest BCUT2D eigenvalue weighted by Gasteiger charge is 2.65. The molecule has 3 rings (SSSR count). The molecular weight excluding hydrogens is 318 g/mol. The average molecular weight is 339 g/mol. The van der Waals surface area contributed by atoms with Crippen molar-refractivity contribution in [2.45, 2.75) is 63.4 Å². The second kappa shape index (κ2) is 4.84. The number of nitrogens with two attached hydrogens (primary N) is 1. The third kappa shape index (κ3) is 3.02. The van der Waals surface area contributed by atoms with Gasteiger partial charge in [0.25, 0.3) is 0 Å². The molecule has 3 aliphatic heterocycles. The van der Waals surface area contributed by atoms with Crippen LogP contribution in [0.1, 0.15) is 27.7 Å². The fraction of sp³-hybridized carbons (Fsp3) is 1.00. The van der Waals surface area contributed by atoms with Crippen LogP contribution in [-0.2, 0) is 38.2 Å². The van der Waals surface area contributed by atoms with E-state index in [2.05, 4.69) is 0 Å². The molecule has 0 aliphatic carbocycles. The summed E-state index contributed by atoms with van der Waals surface area (Å²) in [5.74, 6) is -3.19. The van der Waals surface area contributed by atoms with E-state index in [1.165, 1.54) is 0 Å². The SMILES string of the molecule is CC1(C)OC2CO[C@@]3(COS(N)(=O)=O)OC(C)(C)OC3C2O1. The van der Waals surface area contributed by atoms with Crippen molar-refractivity contribution < 1.29 is 36.3 Å². The van der Waals surface area contributed by atoms with Crippen LogP contribution in [0.5, 0.6) is 0 Å². The maximum Gasteiger partial charge on any atom is 0.333 e. The maximum atomic E-state index is 11.1. The van der Waals surface area contributed by atoms with Crippen LogP contribution >= 0.6 is 0 Å². The molecule has 4 atom stereocenters. The molecule has 128 valence electrons. The first kappa shape index (κ1) is 16.5. The molecule has 0 aromatic heterocycles. The number of fused-ring (bicyclic) bond motifs is 3. The number of hydrogen-bond acceptors (Lipinski definition) is 8. The Morgan fingerprint density at radius 2 is 1.82 bits per heavy atom. The van der Waals surface area contributed by atoms with Crippen molar-refractivity contribution in [2.75, 3.05) is 13.2 Å². The molecule has 3 fully saturated rings. The second-order valence-corrected chi connectivity index (χ2v) is 7.78. The number of hydrogen-bond donors (Lipinski definition) is 1. The Hall–Kier alpha value is -0.330. The van der Waals surface area contributed by atoms with Crippen LogP contribution in [0, 0.1) is 0 Å². The highest BCUT2D eigenvalue weighted by molar-refractivity contribution is 7.84. The highest BCUT2D eigenvalue weighted by Crippen LogP contribution is 2.47. The predicted octanol–water partition coefficient (Wildman–Crippen LogP) is -0.395. The molecule has 0 spiro atoms. The predicted molar refractivity (Wildman–Crippen MR) is 71.6 cm³/mol. The van der Waals surface area contributed by atoms with Gasteiger partial charge in [-0.25, -0.2) is 5.14 Å². The van der Waals surface area contributed by atoms with Crippen LogP contribution < -0.4 is 5.14 Å². The smallest absolute Gasteiger partial charge is 0.333 e. The summed E-state index contributed by atoms with van der Waals surface area (Å²) >= 11 is 0. The van der Waals surface area contributed by atoms with Crippen molar-refractivity contribution >= 4 is 10.3 Å². The summed E-state index contributed by atoms with van der Waals surface area (Å²) in [5.41, 5.74) is 0. The lowest BCUT2D eigenvalue weighted by molar-refractivity contribution is -0.290. The Balaban J connectivity index is 1.87. The normalized spacial score (nSPS) is 42.9. The van der Waals surface area contributed by atoms with Crippen molar-refractivity contribution in [3.63, 3.8) is 0 Å². The van der Waals surface area contributed by atoms with Gasteiger partial charge in [0.2, 0.25) is 5.79 Å². The number of rotatable bonds is 3. The Morgan fingerprint density at radius 3 is 2.45 bits per heavy atom. The summed E-state index contributed by atoms with van der Waals surface area (Å²) in [6, 6.07) is 0. The zero-order valence-corrected chi connectivity index (χ0v) is 13.7. The van der Waals surface area contributed by atoms with E-state index in [-0.39, 0.29) is 12.7 Å². The van der Waals surface area contributed by atoms with E-state index < -0.39 is 46.5 Å². The van der Waals surface area contributed by atoms with E-state index in [0.717, 1.165) is 0 Å². The molecule has 9 nitrogen and oxygen atoms in total. The van der Waals surface area contributed by atoms with Gasteiger partial charge >= 0.3 is 10.3 Å². The zero-order valence-electron chi connectivity index (χ0n) is 12.9. The lowest BCUT2D eigenvalue weighted by Gasteiger charge is -2.40. The van der Waals surface area contributed by atoms with Gasteiger partial charge in [-0.15, -0.1) is 0 Å². The van der Waals surface area contributed by atoms with Crippen LogP contribution in [0.2, 0.25) is 0 Å².